The number of benzene rings is 3. The SMILES string of the molecule is CN(C)C(=O)/C(=C\c1cccc(OCC(=O)O)c1)c1nc(-c2ccccc2)c(-c2ccccc2)o1. The van der Waals surface area contributed by atoms with Crippen molar-refractivity contribution in [1.82, 2.24) is 9.88 Å². The smallest absolute Gasteiger partial charge is 0.341 e. The van der Waals surface area contributed by atoms with E-state index in [2.05, 4.69) is 0 Å². The first-order valence-corrected chi connectivity index (χ1v) is 10.9. The first-order chi connectivity index (χ1) is 16.9. The zero-order chi connectivity index (χ0) is 24.8. The van der Waals surface area contributed by atoms with E-state index in [1.54, 1.807) is 44.4 Å². The van der Waals surface area contributed by atoms with Crippen molar-refractivity contribution in [3.63, 3.8) is 0 Å². The predicted molar refractivity (Wildman–Crippen MR) is 134 cm³/mol. The van der Waals surface area contributed by atoms with Crippen LogP contribution in [0.1, 0.15) is 11.5 Å². The maximum atomic E-state index is 13.2. The average molecular weight is 469 g/mol. The number of amides is 1. The fraction of sp³-hybridized carbons (Fsp3) is 0.107. The van der Waals surface area contributed by atoms with Crippen LogP contribution in [0.5, 0.6) is 5.75 Å². The number of rotatable bonds is 8. The zero-order valence-corrected chi connectivity index (χ0v) is 19.3. The number of aliphatic carboxylic acids is 1. The minimum atomic E-state index is -1.07. The lowest BCUT2D eigenvalue weighted by atomic mass is 10.1. The van der Waals surface area contributed by atoms with Gasteiger partial charge in [-0.05, 0) is 23.8 Å². The van der Waals surface area contributed by atoms with Crippen LogP contribution in [0.4, 0.5) is 0 Å². The molecule has 1 N–H and O–H groups in total. The van der Waals surface area contributed by atoms with Crippen molar-refractivity contribution in [3.8, 4) is 28.3 Å². The molecular formula is C28H24N2O5. The molecule has 1 amide bonds. The molecule has 0 fully saturated rings. The van der Waals surface area contributed by atoms with Crippen LogP contribution in [0.2, 0.25) is 0 Å². The van der Waals surface area contributed by atoms with E-state index >= 15 is 0 Å². The van der Waals surface area contributed by atoms with Gasteiger partial charge in [-0.2, -0.15) is 0 Å². The summed E-state index contributed by atoms with van der Waals surface area (Å²) in [5, 5.41) is 8.88. The standard InChI is InChI=1S/C28H24N2O5/c1-30(2)28(33)23(17-19-10-9-15-22(16-19)34-18-24(31)32)27-29-25(20-11-5-3-6-12-20)26(35-27)21-13-7-4-8-14-21/h3-17H,18H2,1-2H3,(H,31,32)/b23-17-. The van der Waals surface area contributed by atoms with Crippen LogP contribution in [0.3, 0.4) is 0 Å². The summed E-state index contributed by atoms with van der Waals surface area (Å²) in [7, 11) is 3.31. The van der Waals surface area contributed by atoms with Gasteiger partial charge >= 0.3 is 5.97 Å². The summed E-state index contributed by atoms with van der Waals surface area (Å²) in [6.45, 7) is -0.461. The fourth-order valence-electron chi connectivity index (χ4n) is 3.47. The van der Waals surface area contributed by atoms with Gasteiger partial charge in [-0.3, -0.25) is 4.79 Å². The molecule has 0 aliphatic rings. The van der Waals surface area contributed by atoms with Gasteiger partial charge in [0.05, 0.1) is 0 Å². The third-order valence-corrected chi connectivity index (χ3v) is 5.11. The summed E-state index contributed by atoms with van der Waals surface area (Å²) >= 11 is 0. The van der Waals surface area contributed by atoms with Gasteiger partial charge < -0.3 is 19.2 Å². The molecule has 7 nitrogen and oxygen atoms in total. The first kappa shape index (κ1) is 23.5. The van der Waals surface area contributed by atoms with E-state index in [1.807, 2.05) is 60.7 Å². The molecule has 0 unspecified atom stereocenters. The number of oxazole rings is 1. The van der Waals surface area contributed by atoms with Gasteiger partial charge in [-0.15, -0.1) is 0 Å². The molecule has 4 aromatic rings. The Hall–Kier alpha value is -4.65. The Kier molecular flexibility index (Phi) is 7.07. The largest absolute Gasteiger partial charge is 0.482 e. The van der Waals surface area contributed by atoms with Crippen LogP contribution in [0, 0.1) is 0 Å². The Labute approximate surface area is 202 Å². The number of carboxylic acid groups (broad SMARTS) is 1. The van der Waals surface area contributed by atoms with E-state index < -0.39 is 12.6 Å². The van der Waals surface area contributed by atoms with Crippen LogP contribution in [-0.2, 0) is 9.59 Å². The summed E-state index contributed by atoms with van der Waals surface area (Å²) < 4.78 is 11.5. The highest BCUT2D eigenvalue weighted by Gasteiger charge is 2.24. The first-order valence-electron chi connectivity index (χ1n) is 10.9. The second-order valence-corrected chi connectivity index (χ2v) is 7.94. The molecule has 1 aromatic heterocycles. The van der Waals surface area contributed by atoms with E-state index in [9.17, 15) is 9.59 Å². The molecule has 0 bridgehead atoms. The summed E-state index contributed by atoms with van der Waals surface area (Å²) in [5.41, 5.74) is 3.22. The Morgan fingerprint density at radius 2 is 1.60 bits per heavy atom. The molecule has 3 aromatic carbocycles. The second-order valence-electron chi connectivity index (χ2n) is 7.94. The third kappa shape index (κ3) is 5.65. The van der Waals surface area contributed by atoms with Gasteiger partial charge in [0.2, 0.25) is 5.89 Å². The summed E-state index contributed by atoms with van der Waals surface area (Å²) in [6.07, 6.45) is 1.66. The highest BCUT2D eigenvalue weighted by Crippen LogP contribution is 2.35. The van der Waals surface area contributed by atoms with Gasteiger partial charge in [-0.1, -0.05) is 72.8 Å². The molecule has 4 rings (SSSR count). The molecule has 0 aliphatic carbocycles. The van der Waals surface area contributed by atoms with Crippen LogP contribution in [-0.4, -0.2) is 47.6 Å². The van der Waals surface area contributed by atoms with E-state index in [4.69, 9.17) is 19.2 Å². The number of hydrogen-bond donors (Lipinski definition) is 1. The summed E-state index contributed by atoms with van der Waals surface area (Å²) in [5.74, 6) is -0.250. The van der Waals surface area contributed by atoms with E-state index in [1.165, 1.54) is 4.90 Å². The number of aromatic nitrogens is 1. The average Bonchev–Trinajstić information content (AvgIpc) is 3.32. The number of nitrogens with zero attached hydrogens (tertiary/aromatic N) is 2. The van der Waals surface area contributed by atoms with Crippen LogP contribution < -0.4 is 4.74 Å². The van der Waals surface area contributed by atoms with Gasteiger partial charge in [0, 0.05) is 25.2 Å². The van der Waals surface area contributed by atoms with Crippen molar-refractivity contribution >= 4 is 23.5 Å². The molecule has 0 saturated heterocycles. The molecular weight excluding hydrogens is 444 g/mol. The zero-order valence-electron chi connectivity index (χ0n) is 19.3. The van der Waals surface area contributed by atoms with Crippen molar-refractivity contribution in [2.24, 2.45) is 0 Å². The lowest BCUT2D eigenvalue weighted by Gasteiger charge is -2.12. The molecule has 176 valence electrons. The molecule has 0 spiro atoms. The lowest BCUT2D eigenvalue weighted by molar-refractivity contribution is -0.139. The van der Waals surface area contributed by atoms with Crippen LogP contribution >= 0.6 is 0 Å². The Morgan fingerprint density at radius 1 is 0.943 bits per heavy atom. The maximum Gasteiger partial charge on any atom is 0.341 e. The van der Waals surface area contributed by atoms with Crippen molar-refractivity contribution in [2.45, 2.75) is 0 Å². The lowest BCUT2D eigenvalue weighted by Crippen LogP contribution is -2.22. The summed E-state index contributed by atoms with van der Waals surface area (Å²) in [6, 6.07) is 26.1. The number of carboxylic acids is 1. The molecule has 0 atom stereocenters. The minimum Gasteiger partial charge on any atom is -0.482 e. The Bertz CT molecular complexity index is 1300. The maximum absolute atomic E-state index is 13.2. The highest BCUT2D eigenvalue weighted by atomic mass is 16.5. The number of carbonyl (C=O) groups is 2. The number of likely N-dealkylation sites (N-methyl/N-ethyl adjacent to an activating group) is 1. The Morgan fingerprint density at radius 3 is 2.23 bits per heavy atom. The van der Waals surface area contributed by atoms with Gasteiger partial charge in [-0.25, -0.2) is 9.78 Å². The van der Waals surface area contributed by atoms with Gasteiger partial charge in [0.25, 0.3) is 5.91 Å². The topological polar surface area (TPSA) is 92.9 Å². The van der Waals surface area contributed by atoms with E-state index in [0.717, 1.165) is 11.1 Å². The van der Waals surface area contributed by atoms with Crippen molar-refractivity contribution in [2.75, 3.05) is 20.7 Å². The van der Waals surface area contributed by atoms with Crippen molar-refractivity contribution < 1.29 is 23.8 Å². The molecule has 0 saturated carbocycles. The molecule has 7 heteroatoms. The second kappa shape index (κ2) is 10.5. The Balaban J connectivity index is 1.84. The monoisotopic (exact) mass is 468 g/mol. The minimum absolute atomic E-state index is 0.179. The number of ether oxygens (including phenoxy) is 1. The van der Waals surface area contributed by atoms with Crippen molar-refractivity contribution in [3.05, 3.63) is 96.4 Å². The fourth-order valence-corrected chi connectivity index (χ4v) is 3.47. The summed E-state index contributed by atoms with van der Waals surface area (Å²) in [4.78, 5) is 30.2. The van der Waals surface area contributed by atoms with Gasteiger partial charge in [0.1, 0.15) is 17.0 Å². The van der Waals surface area contributed by atoms with Crippen molar-refractivity contribution in [1.29, 1.82) is 0 Å². The molecule has 1 heterocycles. The van der Waals surface area contributed by atoms with E-state index in [0.29, 0.717) is 22.8 Å². The molecule has 35 heavy (non-hydrogen) atoms. The molecule has 0 aliphatic heterocycles. The van der Waals surface area contributed by atoms with Crippen LogP contribution in [0.15, 0.2) is 89.3 Å². The number of hydrogen-bond acceptors (Lipinski definition) is 5. The normalized spacial score (nSPS) is 11.2. The third-order valence-electron chi connectivity index (χ3n) is 5.11. The van der Waals surface area contributed by atoms with Gasteiger partial charge in [0.15, 0.2) is 12.4 Å². The van der Waals surface area contributed by atoms with E-state index in [-0.39, 0.29) is 17.4 Å². The quantitative estimate of drug-likeness (QED) is 0.362. The molecule has 0 radical (unpaired) electrons. The highest BCUT2D eigenvalue weighted by molar-refractivity contribution is 6.23. The van der Waals surface area contributed by atoms with Crippen LogP contribution in [0.25, 0.3) is 34.2 Å². The predicted octanol–water partition coefficient (Wildman–Crippen LogP) is 5.10. The number of carbonyl (C=O) groups excluding carboxylic acids is 1.